The quantitative estimate of drug-likeness (QED) is 0.521. The number of fused-ring (bicyclic) bond motifs is 1. The number of ether oxygens (including phenoxy) is 1. The van der Waals surface area contributed by atoms with Crippen molar-refractivity contribution in [1.82, 2.24) is 14.9 Å². The summed E-state index contributed by atoms with van der Waals surface area (Å²) in [7, 11) is 0. The van der Waals surface area contributed by atoms with Gasteiger partial charge >= 0.3 is 6.36 Å². The Labute approximate surface area is 210 Å². The fourth-order valence-electron chi connectivity index (χ4n) is 4.77. The number of benzene rings is 2. The molecule has 1 amide bonds. The molecule has 6 nitrogen and oxygen atoms in total. The second-order valence-electron chi connectivity index (χ2n) is 9.22. The lowest BCUT2D eigenvalue weighted by Gasteiger charge is -2.21. The van der Waals surface area contributed by atoms with E-state index in [4.69, 9.17) is 16.6 Å². The zero-order chi connectivity index (χ0) is 25.5. The predicted molar refractivity (Wildman–Crippen MR) is 127 cm³/mol. The first-order valence-electron chi connectivity index (χ1n) is 11.6. The summed E-state index contributed by atoms with van der Waals surface area (Å²) in [5.74, 6) is -0.0428. The highest BCUT2D eigenvalue weighted by atomic mass is 35.5. The van der Waals surface area contributed by atoms with Crippen molar-refractivity contribution in [1.29, 1.82) is 0 Å². The second kappa shape index (κ2) is 9.28. The first-order chi connectivity index (χ1) is 17.1. The van der Waals surface area contributed by atoms with E-state index in [0.717, 1.165) is 18.4 Å². The standard InChI is InChI=1S/C26H23ClF3N3O3/c27-18-6-2-5-17(14-18)25(9-10-25)24-31-21-8-3-11-33(15-20(21)23(35)32-24)22(34)13-16-4-1-7-19(12-16)36-26(28,29)30/h1-2,4-7,12,14H,3,8-11,13,15H2,(H,31,32,35). The lowest BCUT2D eigenvalue weighted by Crippen LogP contribution is -2.34. The Morgan fingerprint density at radius 1 is 1.17 bits per heavy atom. The zero-order valence-corrected chi connectivity index (χ0v) is 20.0. The smallest absolute Gasteiger partial charge is 0.406 e. The average Bonchev–Trinajstić information content (AvgIpc) is 3.62. The molecule has 3 aromatic rings. The normalized spacial score (nSPS) is 16.7. The van der Waals surface area contributed by atoms with Gasteiger partial charge in [-0.05, 0) is 61.1 Å². The number of nitrogens with zero attached hydrogens (tertiary/aromatic N) is 2. The van der Waals surface area contributed by atoms with Crippen molar-refractivity contribution >= 4 is 17.5 Å². The van der Waals surface area contributed by atoms with E-state index >= 15 is 0 Å². The molecule has 2 aromatic carbocycles. The van der Waals surface area contributed by atoms with E-state index in [2.05, 4.69) is 9.72 Å². The van der Waals surface area contributed by atoms with Crippen molar-refractivity contribution in [3.8, 4) is 5.75 Å². The highest BCUT2D eigenvalue weighted by Gasteiger charge is 2.48. The molecule has 1 aliphatic heterocycles. The number of hydrogen-bond acceptors (Lipinski definition) is 4. The number of aromatic amines is 1. The number of alkyl halides is 3. The molecule has 1 aliphatic carbocycles. The van der Waals surface area contributed by atoms with Crippen molar-refractivity contribution in [2.75, 3.05) is 6.54 Å². The summed E-state index contributed by atoms with van der Waals surface area (Å²) in [5, 5.41) is 0.626. The van der Waals surface area contributed by atoms with Crippen LogP contribution in [0.4, 0.5) is 13.2 Å². The molecule has 0 saturated heterocycles. The highest BCUT2D eigenvalue weighted by molar-refractivity contribution is 6.30. The van der Waals surface area contributed by atoms with Gasteiger partial charge in [-0.3, -0.25) is 9.59 Å². The Morgan fingerprint density at radius 2 is 1.94 bits per heavy atom. The van der Waals surface area contributed by atoms with Gasteiger partial charge in [-0.25, -0.2) is 4.98 Å². The molecule has 2 heterocycles. The second-order valence-corrected chi connectivity index (χ2v) is 9.66. The third kappa shape index (κ3) is 5.11. The number of amides is 1. The Morgan fingerprint density at radius 3 is 2.67 bits per heavy atom. The Balaban J connectivity index is 1.35. The summed E-state index contributed by atoms with van der Waals surface area (Å²) < 4.78 is 41.5. The third-order valence-corrected chi connectivity index (χ3v) is 6.95. The fraction of sp³-hybridized carbons (Fsp3) is 0.346. The molecule has 1 saturated carbocycles. The number of H-pyrrole nitrogens is 1. The third-order valence-electron chi connectivity index (χ3n) is 6.71. The summed E-state index contributed by atoms with van der Waals surface area (Å²) in [5.41, 5.74) is 1.90. The van der Waals surface area contributed by atoms with Crippen LogP contribution in [0.15, 0.2) is 53.3 Å². The highest BCUT2D eigenvalue weighted by Crippen LogP contribution is 2.52. The molecule has 1 aromatic heterocycles. The van der Waals surface area contributed by atoms with Gasteiger partial charge in [-0.1, -0.05) is 35.9 Å². The minimum Gasteiger partial charge on any atom is -0.406 e. The van der Waals surface area contributed by atoms with Gasteiger partial charge in [0.1, 0.15) is 11.6 Å². The summed E-state index contributed by atoms with van der Waals surface area (Å²) in [6.07, 6.45) is -2.03. The minimum atomic E-state index is -4.81. The maximum absolute atomic E-state index is 13.1. The Kier molecular flexibility index (Phi) is 6.28. The van der Waals surface area contributed by atoms with Crippen molar-refractivity contribution < 1.29 is 22.7 Å². The summed E-state index contributed by atoms with van der Waals surface area (Å²) in [6, 6.07) is 12.9. The van der Waals surface area contributed by atoms with Gasteiger partial charge in [0.2, 0.25) is 5.91 Å². The molecule has 10 heteroatoms. The average molecular weight is 518 g/mol. The SMILES string of the molecule is O=C(Cc1cccc(OC(F)(F)F)c1)N1CCCc2nc(C3(c4cccc(Cl)c4)CC3)[nH]c(=O)c2C1. The lowest BCUT2D eigenvalue weighted by molar-refractivity contribution is -0.274. The number of carbonyl (C=O) groups excluding carboxylic acids is 1. The molecule has 2 aliphatic rings. The largest absolute Gasteiger partial charge is 0.573 e. The minimum absolute atomic E-state index is 0.0969. The molecule has 0 atom stereocenters. The molecule has 5 rings (SSSR count). The van der Waals surface area contributed by atoms with Gasteiger partial charge in [0.25, 0.3) is 5.56 Å². The Bertz CT molecular complexity index is 1370. The van der Waals surface area contributed by atoms with Crippen LogP contribution in [0.2, 0.25) is 5.02 Å². The summed E-state index contributed by atoms with van der Waals surface area (Å²) in [4.78, 5) is 35.5. The van der Waals surface area contributed by atoms with E-state index < -0.39 is 6.36 Å². The van der Waals surface area contributed by atoms with Crippen LogP contribution >= 0.6 is 11.6 Å². The van der Waals surface area contributed by atoms with Gasteiger partial charge in [0, 0.05) is 11.6 Å². The number of rotatable bonds is 5. The van der Waals surface area contributed by atoms with E-state index in [0.29, 0.717) is 47.1 Å². The summed E-state index contributed by atoms with van der Waals surface area (Å²) >= 11 is 6.19. The predicted octanol–water partition coefficient (Wildman–Crippen LogP) is 4.92. The summed E-state index contributed by atoms with van der Waals surface area (Å²) in [6.45, 7) is 0.516. The van der Waals surface area contributed by atoms with Gasteiger partial charge in [0.05, 0.1) is 29.6 Å². The van der Waals surface area contributed by atoms with Crippen LogP contribution in [0.25, 0.3) is 0 Å². The lowest BCUT2D eigenvalue weighted by atomic mass is 9.94. The topological polar surface area (TPSA) is 75.3 Å². The fourth-order valence-corrected chi connectivity index (χ4v) is 4.96. The van der Waals surface area contributed by atoms with Crippen molar-refractivity contribution in [2.24, 2.45) is 0 Å². The van der Waals surface area contributed by atoms with E-state index in [1.165, 1.54) is 18.2 Å². The van der Waals surface area contributed by atoms with E-state index in [1.54, 1.807) is 17.0 Å². The molecule has 0 unspecified atom stereocenters. The van der Waals surface area contributed by atoms with Crippen LogP contribution < -0.4 is 10.3 Å². The van der Waals surface area contributed by atoms with Crippen LogP contribution in [-0.2, 0) is 29.6 Å². The van der Waals surface area contributed by atoms with Crippen LogP contribution in [0.5, 0.6) is 5.75 Å². The van der Waals surface area contributed by atoms with Crippen molar-refractivity contribution in [3.63, 3.8) is 0 Å². The van der Waals surface area contributed by atoms with Gasteiger partial charge in [-0.15, -0.1) is 13.2 Å². The van der Waals surface area contributed by atoms with E-state index in [9.17, 15) is 22.8 Å². The first-order valence-corrected chi connectivity index (χ1v) is 12.0. The van der Waals surface area contributed by atoms with Crippen LogP contribution in [0.3, 0.4) is 0 Å². The number of aryl methyl sites for hydroxylation is 1. The van der Waals surface area contributed by atoms with Gasteiger partial charge in [-0.2, -0.15) is 0 Å². The molecule has 36 heavy (non-hydrogen) atoms. The number of hydrogen-bond donors (Lipinski definition) is 1. The van der Waals surface area contributed by atoms with Crippen LogP contribution in [0.1, 0.15) is 47.5 Å². The maximum atomic E-state index is 13.1. The van der Waals surface area contributed by atoms with Gasteiger partial charge < -0.3 is 14.6 Å². The molecule has 1 N–H and O–H groups in total. The molecule has 0 spiro atoms. The molecular formula is C26H23ClF3N3O3. The maximum Gasteiger partial charge on any atom is 0.573 e. The van der Waals surface area contributed by atoms with E-state index in [1.807, 2.05) is 18.2 Å². The van der Waals surface area contributed by atoms with Crippen LogP contribution in [-0.4, -0.2) is 33.7 Å². The number of aromatic nitrogens is 2. The Hall–Kier alpha value is -3.33. The number of halogens is 4. The van der Waals surface area contributed by atoms with Crippen molar-refractivity contribution in [2.45, 2.75) is 50.4 Å². The molecule has 0 radical (unpaired) electrons. The van der Waals surface area contributed by atoms with Gasteiger partial charge in [0.15, 0.2) is 0 Å². The van der Waals surface area contributed by atoms with E-state index in [-0.39, 0.29) is 35.6 Å². The molecule has 188 valence electrons. The monoisotopic (exact) mass is 517 g/mol. The molecular weight excluding hydrogens is 495 g/mol. The molecule has 0 bridgehead atoms. The van der Waals surface area contributed by atoms with Crippen molar-refractivity contribution in [3.05, 3.63) is 92.1 Å². The number of carbonyl (C=O) groups is 1. The molecule has 1 fully saturated rings. The first kappa shape index (κ1) is 24.4. The zero-order valence-electron chi connectivity index (χ0n) is 19.2. The van der Waals surface area contributed by atoms with Crippen LogP contribution in [0, 0.1) is 0 Å². The number of nitrogens with one attached hydrogen (secondary N) is 1.